The van der Waals surface area contributed by atoms with Crippen LogP contribution in [-0.2, 0) is 0 Å². The fraction of sp³-hybridized carbons (Fsp3) is 0. The molecule has 1 heterocycles. The van der Waals surface area contributed by atoms with Crippen LogP contribution in [0.5, 0.6) is 0 Å². The molecule has 4 nitrogen and oxygen atoms in total. The Kier molecular flexibility index (Phi) is 4.73. The van der Waals surface area contributed by atoms with Crippen LogP contribution < -0.4 is 5.32 Å². The van der Waals surface area contributed by atoms with E-state index in [0.29, 0.717) is 34.0 Å². The van der Waals surface area contributed by atoms with Crippen LogP contribution in [0.2, 0.25) is 0 Å². The van der Waals surface area contributed by atoms with E-state index in [2.05, 4.69) is 16.2 Å². The van der Waals surface area contributed by atoms with Crippen molar-refractivity contribution in [2.24, 2.45) is 0 Å². The topological polar surface area (TPSA) is 55.1 Å². The Labute approximate surface area is 162 Å². The molecule has 0 saturated carbocycles. The van der Waals surface area contributed by atoms with Crippen molar-refractivity contribution in [3.8, 4) is 35.1 Å². The minimum absolute atomic E-state index is 0.260. The number of nitrogens with one attached hydrogen (secondary N) is 1. The lowest BCUT2D eigenvalue weighted by atomic mass is 10.1. The number of amides is 1. The van der Waals surface area contributed by atoms with E-state index in [1.54, 1.807) is 36.5 Å². The smallest absolute Gasteiger partial charge is 0.256 e. The number of hydrogen-bond donors (Lipinski definition) is 1. The van der Waals surface area contributed by atoms with Crippen molar-refractivity contribution in [3.63, 3.8) is 0 Å². The van der Waals surface area contributed by atoms with Gasteiger partial charge in [-0.05, 0) is 30.3 Å². The normalized spacial score (nSPS) is 10.2. The number of anilines is 1. The van der Waals surface area contributed by atoms with Crippen LogP contribution in [0.15, 0.2) is 89.5 Å². The molecule has 0 fully saturated rings. The van der Waals surface area contributed by atoms with Gasteiger partial charge in [-0.15, -0.1) is 6.42 Å². The van der Waals surface area contributed by atoms with Crippen molar-refractivity contribution in [1.29, 1.82) is 0 Å². The molecule has 4 aromatic rings. The predicted molar refractivity (Wildman–Crippen MR) is 110 cm³/mol. The Balaban J connectivity index is 1.65. The zero-order chi connectivity index (χ0) is 19.3. The Morgan fingerprint density at radius 2 is 1.75 bits per heavy atom. The van der Waals surface area contributed by atoms with Crippen molar-refractivity contribution in [2.75, 3.05) is 5.32 Å². The Morgan fingerprint density at radius 1 is 0.964 bits per heavy atom. The number of carbonyl (C=O) groups excluding carboxylic acids is 1. The first kappa shape index (κ1) is 17.3. The van der Waals surface area contributed by atoms with Gasteiger partial charge in [0.25, 0.3) is 5.91 Å². The molecule has 134 valence electrons. The van der Waals surface area contributed by atoms with Gasteiger partial charge in [-0.1, -0.05) is 54.5 Å². The van der Waals surface area contributed by atoms with E-state index in [-0.39, 0.29) is 5.91 Å². The Hall–Kier alpha value is -4.10. The molecular weight excluding hydrogens is 348 g/mol. The highest BCUT2D eigenvalue weighted by Crippen LogP contribution is 2.28. The molecule has 0 saturated heterocycles. The van der Waals surface area contributed by atoms with Gasteiger partial charge < -0.3 is 9.73 Å². The summed E-state index contributed by atoms with van der Waals surface area (Å²) in [6.07, 6.45) is 7.09. The van der Waals surface area contributed by atoms with Crippen molar-refractivity contribution in [1.82, 2.24) is 4.98 Å². The molecule has 0 spiro atoms. The van der Waals surface area contributed by atoms with Gasteiger partial charge in [-0.25, -0.2) is 4.98 Å². The molecule has 0 aliphatic rings. The van der Waals surface area contributed by atoms with Crippen LogP contribution in [0.3, 0.4) is 0 Å². The third-order valence-electron chi connectivity index (χ3n) is 4.25. The molecular formula is C24H16N2O2. The number of terminal acetylenes is 1. The van der Waals surface area contributed by atoms with E-state index >= 15 is 0 Å². The second-order valence-electron chi connectivity index (χ2n) is 6.12. The summed E-state index contributed by atoms with van der Waals surface area (Å²) in [6.45, 7) is 0. The lowest BCUT2D eigenvalue weighted by Crippen LogP contribution is -2.13. The molecule has 28 heavy (non-hydrogen) atoms. The molecule has 0 aliphatic heterocycles. The second-order valence-corrected chi connectivity index (χ2v) is 6.12. The highest BCUT2D eigenvalue weighted by Gasteiger charge is 2.17. The van der Waals surface area contributed by atoms with Crippen molar-refractivity contribution in [2.45, 2.75) is 0 Å². The van der Waals surface area contributed by atoms with Crippen molar-refractivity contribution in [3.05, 3.63) is 96.2 Å². The maximum atomic E-state index is 12.9. The largest absolute Gasteiger partial charge is 0.436 e. The molecule has 4 rings (SSSR count). The van der Waals surface area contributed by atoms with E-state index in [1.165, 1.54) is 0 Å². The van der Waals surface area contributed by atoms with Gasteiger partial charge in [-0.2, -0.15) is 0 Å². The zero-order valence-electron chi connectivity index (χ0n) is 14.9. The number of nitrogens with zero attached hydrogens (tertiary/aromatic N) is 1. The lowest BCUT2D eigenvalue weighted by Gasteiger charge is -2.08. The van der Waals surface area contributed by atoms with Gasteiger partial charge in [0, 0.05) is 22.4 Å². The van der Waals surface area contributed by atoms with Gasteiger partial charge in [0.15, 0.2) is 5.76 Å². The highest BCUT2D eigenvalue weighted by atomic mass is 16.4. The lowest BCUT2D eigenvalue weighted by molar-refractivity contribution is 0.102. The van der Waals surface area contributed by atoms with Crippen molar-refractivity contribution >= 4 is 11.6 Å². The Bertz CT molecular complexity index is 1170. The molecule has 1 aromatic heterocycles. The number of benzene rings is 3. The van der Waals surface area contributed by atoms with Gasteiger partial charge in [0.1, 0.15) is 0 Å². The van der Waals surface area contributed by atoms with E-state index in [4.69, 9.17) is 10.8 Å². The third kappa shape index (κ3) is 3.55. The quantitative estimate of drug-likeness (QED) is 0.504. The molecule has 0 unspecified atom stereocenters. The van der Waals surface area contributed by atoms with Crippen LogP contribution in [0.1, 0.15) is 15.9 Å². The number of rotatable bonds is 4. The van der Waals surface area contributed by atoms with E-state index in [0.717, 1.165) is 5.56 Å². The number of carbonyl (C=O) groups is 1. The highest BCUT2D eigenvalue weighted by molar-refractivity contribution is 6.08. The van der Waals surface area contributed by atoms with Gasteiger partial charge >= 0.3 is 0 Å². The third-order valence-corrected chi connectivity index (χ3v) is 4.25. The summed E-state index contributed by atoms with van der Waals surface area (Å²) >= 11 is 0. The SMILES string of the molecule is C#Cc1cccc(NC(=O)c2ccccc2-c2ncc(-c3ccccc3)o2)c1. The van der Waals surface area contributed by atoms with Crippen LogP contribution in [0.25, 0.3) is 22.8 Å². The first-order chi connectivity index (χ1) is 13.7. The van der Waals surface area contributed by atoms with Gasteiger partial charge in [0.05, 0.1) is 11.8 Å². The molecule has 1 N–H and O–H groups in total. The monoisotopic (exact) mass is 364 g/mol. The van der Waals surface area contributed by atoms with E-state index < -0.39 is 0 Å². The van der Waals surface area contributed by atoms with E-state index in [1.807, 2.05) is 48.5 Å². The molecule has 0 aliphatic carbocycles. The maximum Gasteiger partial charge on any atom is 0.256 e. The molecule has 0 atom stereocenters. The minimum atomic E-state index is -0.260. The van der Waals surface area contributed by atoms with Gasteiger partial charge in [0.2, 0.25) is 5.89 Å². The fourth-order valence-electron chi connectivity index (χ4n) is 2.89. The fourth-order valence-corrected chi connectivity index (χ4v) is 2.89. The summed E-state index contributed by atoms with van der Waals surface area (Å²) in [5.41, 5.74) is 3.35. The Morgan fingerprint density at radius 3 is 2.57 bits per heavy atom. The number of aromatic nitrogens is 1. The molecule has 0 bridgehead atoms. The van der Waals surface area contributed by atoms with Gasteiger partial charge in [-0.3, -0.25) is 4.79 Å². The first-order valence-corrected chi connectivity index (χ1v) is 8.73. The van der Waals surface area contributed by atoms with E-state index in [9.17, 15) is 4.79 Å². The molecule has 4 heteroatoms. The van der Waals surface area contributed by atoms with Crippen LogP contribution in [0.4, 0.5) is 5.69 Å². The molecule has 3 aromatic carbocycles. The molecule has 1 amide bonds. The number of oxazole rings is 1. The average molecular weight is 364 g/mol. The predicted octanol–water partition coefficient (Wildman–Crippen LogP) is 5.24. The average Bonchev–Trinajstić information content (AvgIpc) is 3.25. The zero-order valence-corrected chi connectivity index (χ0v) is 14.9. The standard InChI is InChI=1S/C24H16N2O2/c1-2-17-9-8-12-19(15-17)26-23(27)20-13-6-7-14-21(20)24-25-16-22(28-24)18-10-4-3-5-11-18/h1,3-16H,(H,26,27). The summed E-state index contributed by atoms with van der Waals surface area (Å²) in [6, 6.07) is 24.0. The molecule has 0 radical (unpaired) electrons. The van der Waals surface area contributed by atoms with Crippen LogP contribution >= 0.6 is 0 Å². The second kappa shape index (κ2) is 7.65. The maximum absolute atomic E-state index is 12.9. The summed E-state index contributed by atoms with van der Waals surface area (Å²) in [4.78, 5) is 17.2. The van der Waals surface area contributed by atoms with Crippen LogP contribution in [0, 0.1) is 12.3 Å². The summed E-state index contributed by atoms with van der Waals surface area (Å²) in [5.74, 6) is 3.34. The van der Waals surface area contributed by atoms with Crippen molar-refractivity contribution < 1.29 is 9.21 Å². The number of hydrogen-bond acceptors (Lipinski definition) is 3. The summed E-state index contributed by atoms with van der Waals surface area (Å²) in [5, 5.41) is 2.88. The summed E-state index contributed by atoms with van der Waals surface area (Å²) < 4.78 is 5.92. The van der Waals surface area contributed by atoms with Crippen LogP contribution in [-0.4, -0.2) is 10.9 Å². The summed E-state index contributed by atoms with van der Waals surface area (Å²) in [7, 11) is 0. The minimum Gasteiger partial charge on any atom is -0.436 e. The first-order valence-electron chi connectivity index (χ1n) is 8.73.